The molecule has 9 aromatic carbocycles. The van der Waals surface area contributed by atoms with E-state index >= 15 is 0 Å². The molecule has 9 rings (SSSR count). The van der Waals surface area contributed by atoms with Crippen molar-refractivity contribution in [3.05, 3.63) is 254 Å². The summed E-state index contributed by atoms with van der Waals surface area (Å²) in [4.78, 5) is 0. The van der Waals surface area contributed by atoms with Crippen LogP contribution in [0, 0.1) is 19.3 Å². The summed E-state index contributed by atoms with van der Waals surface area (Å²) in [7, 11) is 0.661. The SMILES string of the molecule is CP(C)C[CH-]c1ccccc1.CP(C)C[CH-]c1ccccc1.CP(C)C[CH-]c1ccccc1.[Cl-].[Cl-].[Cl-].[Zr+2].[Zr+2].[Zr+2].c1ccc2[cH-]ccc2c1.c1ccc2[cH-]ccc2c1.c1ccc2[cH-]ccc2c1. The van der Waals surface area contributed by atoms with Gasteiger partial charge in [0.25, 0.3) is 0 Å². The molecule has 0 fully saturated rings. The third kappa shape index (κ3) is 30.2. The molecule has 0 aromatic heterocycles. The molecule has 0 saturated carbocycles. The van der Waals surface area contributed by atoms with Gasteiger partial charge in [-0.15, -0.1) is 149 Å². The third-order valence-electron chi connectivity index (χ3n) is 9.12. The largest absolute Gasteiger partial charge is 2.00 e. The van der Waals surface area contributed by atoms with E-state index < -0.39 is 0 Å². The number of benzene rings is 6. The molecule has 0 unspecified atom stereocenters. The van der Waals surface area contributed by atoms with Gasteiger partial charge in [0.05, 0.1) is 0 Å². The van der Waals surface area contributed by atoms with Crippen LogP contribution in [0.1, 0.15) is 16.7 Å². The average molecular weight is 1220 g/mol. The topological polar surface area (TPSA) is 0 Å². The standard InChI is InChI=1S/3C10H14P.3C9H7.3ClH.3Zr/c3*1-11(2)9-8-10-6-4-3-5-7-10;3*1-2-5-9-7-3-6-8(9)4-1;;;;;;/h3*3-8H,9H2,1-2H3;3*1-7H;3*1H;;;/q6*-1;;;;3*+2/p-3. The zero-order valence-corrected chi connectivity index (χ0v) is 51.4. The molecule has 0 nitrogen and oxygen atoms in total. The van der Waals surface area contributed by atoms with E-state index in [2.05, 4.69) is 278 Å². The monoisotopic (exact) mass is 1220 g/mol. The van der Waals surface area contributed by atoms with Crippen molar-refractivity contribution in [2.24, 2.45) is 0 Å². The minimum atomic E-state index is 0. The number of halogens is 3. The van der Waals surface area contributed by atoms with Gasteiger partial charge < -0.3 is 37.2 Å². The zero-order chi connectivity index (χ0) is 42.6. The molecule has 0 aliphatic rings. The van der Waals surface area contributed by atoms with Crippen LogP contribution >= 0.6 is 23.8 Å². The maximum absolute atomic E-state index is 2.31. The quantitative estimate of drug-likeness (QED) is 0.103. The maximum Gasteiger partial charge on any atom is 2.00 e. The van der Waals surface area contributed by atoms with E-state index in [4.69, 9.17) is 0 Å². The van der Waals surface area contributed by atoms with Gasteiger partial charge in [-0.1, -0.05) is 54.9 Å². The number of hydrogen-bond donors (Lipinski definition) is 0. The van der Waals surface area contributed by atoms with E-state index in [1.54, 1.807) is 0 Å². The Hall–Kier alpha value is -1.43. The normalized spacial score (nSPS) is 9.23. The maximum atomic E-state index is 2.31. The first-order valence-corrected chi connectivity index (χ1v) is 27.9. The van der Waals surface area contributed by atoms with Gasteiger partial charge in [0.15, 0.2) is 0 Å². The fourth-order valence-corrected chi connectivity index (χ4v) is 7.57. The molecular formula is C57H63Cl3P3Zr3-3. The van der Waals surface area contributed by atoms with Crippen molar-refractivity contribution >= 4 is 56.1 Å². The second-order valence-corrected chi connectivity index (χ2v) is 22.7. The van der Waals surface area contributed by atoms with Gasteiger partial charge in [-0.2, -0.15) is 125 Å². The number of fused-ring (bicyclic) bond motifs is 3. The Kier molecular flexibility index (Phi) is 44.3. The van der Waals surface area contributed by atoms with Crippen LogP contribution in [0.3, 0.4) is 0 Å². The van der Waals surface area contributed by atoms with Gasteiger partial charge in [0.2, 0.25) is 0 Å². The van der Waals surface area contributed by atoms with Gasteiger partial charge in [-0.05, 0) is 40.0 Å². The first-order chi connectivity index (χ1) is 29.3. The molecular weight excluding hydrogens is 1160 g/mol. The van der Waals surface area contributed by atoms with E-state index in [1.165, 1.54) is 67.5 Å². The number of rotatable bonds is 9. The molecule has 0 aliphatic carbocycles. The van der Waals surface area contributed by atoms with Crippen molar-refractivity contribution < 1.29 is 116 Å². The van der Waals surface area contributed by atoms with Crippen LogP contribution < -0.4 is 37.2 Å². The molecule has 0 bridgehead atoms. The van der Waals surface area contributed by atoms with Crippen LogP contribution in [-0.2, 0) is 78.6 Å². The van der Waals surface area contributed by atoms with Gasteiger partial charge in [0.1, 0.15) is 0 Å². The second-order valence-electron chi connectivity index (χ2n) is 15.1. The van der Waals surface area contributed by atoms with Gasteiger partial charge in [0, 0.05) is 0 Å². The smallest absolute Gasteiger partial charge is 1.00 e. The molecule has 9 heteroatoms. The summed E-state index contributed by atoms with van der Waals surface area (Å²) in [6.45, 7) is 13.8. The fraction of sp³-hybridized carbons (Fsp3) is 0.158. The zero-order valence-electron chi connectivity index (χ0n) is 39.1. The molecule has 0 saturated heterocycles. The predicted molar refractivity (Wildman–Crippen MR) is 279 cm³/mol. The van der Waals surface area contributed by atoms with Crippen LogP contribution in [0.15, 0.2) is 218 Å². The summed E-state index contributed by atoms with van der Waals surface area (Å²) in [5.74, 6) is 0. The van der Waals surface area contributed by atoms with Crippen molar-refractivity contribution in [1.29, 1.82) is 0 Å². The van der Waals surface area contributed by atoms with Crippen molar-refractivity contribution in [1.82, 2.24) is 0 Å². The molecule has 342 valence electrons. The van der Waals surface area contributed by atoms with Gasteiger partial charge in [-0.25, -0.2) is 0 Å². The van der Waals surface area contributed by atoms with Crippen LogP contribution in [0.2, 0.25) is 0 Å². The van der Waals surface area contributed by atoms with Crippen molar-refractivity contribution in [3.63, 3.8) is 0 Å². The molecule has 0 radical (unpaired) electrons. The van der Waals surface area contributed by atoms with Crippen molar-refractivity contribution in [2.75, 3.05) is 58.5 Å². The minimum absolute atomic E-state index is 0. The van der Waals surface area contributed by atoms with E-state index in [-0.39, 0.29) is 140 Å². The summed E-state index contributed by atoms with van der Waals surface area (Å²) in [5, 5.41) is 7.99. The first kappa shape index (κ1) is 68.8. The Morgan fingerprint density at radius 1 is 0.303 bits per heavy atom. The van der Waals surface area contributed by atoms with Crippen LogP contribution in [0.25, 0.3) is 32.3 Å². The second kappa shape index (κ2) is 42.4. The Labute approximate surface area is 479 Å². The molecule has 0 atom stereocenters. The molecule has 0 N–H and O–H groups in total. The molecule has 0 heterocycles. The van der Waals surface area contributed by atoms with Gasteiger partial charge in [-0.3, -0.25) is 0 Å². The van der Waals surface area contributed by atoms with Crippen LogP contribution in [0.5, 0.6) is 0 Å². The van der Waals surface area contributed by atoms with Gasteiger partial charge >= 0.3 is 78.6 Å². The van der Waals surface area contributed by atoms with Crippen LogP contribution in [0.4, 0.5) is 0 Å². The van der Waals surface area contributed by atoms with E-state index in [0.29, 0.717) is 0 Å². The van der Waals surface area contributed by atoms with Crippen molar-refractivity contribution in [3.8, 4) is 0 Å². The molecule has 0 aliphatic heterocycles. The summed E-state index contributed by atoms with van der Waals surface area (Å²) in [5.41, 5.74) is 4.05. The Bertz CT molecular complexity index is 2040. The fourth-order valence-electron chi connectivity index (χ4n) is 5.84. The summed E-state index contributed by atoms with van der Waals surface area (Å²) >= 11 is 0. The average Bonchev–Trinajstić information content (AvgIpc) is 4.08. The first-order valence-electron chi connectivity index (χ1n) is 20.7. The van der Waals surface area contributed by atoms with Crippen LogP contribution in [-0.4, -0.2) is 58.5 Å². The molecule has 0 spiro atoms. The minimum Gasteiger partial charge on any atom is -1.00 e. The predicted octanol–water partition coefficient (Wildman–Crippen LogP) is 7.62. The van der Waals surface area contributed by atoms with Crippen molar-refractivity contribution in [2.45, 2.75) is 0 Å². The Balaban J connectivity index is -0.000000710. The third-order valence-corrected chi connectivity index (χ3v) is 11.9. The molecule has 66 heavy (non-hydrogen) atoms. The Morgan fingerprint density at radius 3 is 0.727 bits per heavy atom. The summed E-state index contributed by atoms with van der Waals surface area (Å²) in [6, 6.07) is 75.6. The van der Waals surface area contributed by atoms with E-state index in [0.717, 1.165) is 0 Å². The molecule has 9 aromatic rings. The Morgan fingerprint density at radius 2 is 0.515 bits per heavy atom. The summed E-state index contributed by atoms with van der Waals surface area (Å²) < 4.78 is 0. The molecule has 0 amide bonds. The van der Waals surface area contributed by atoms with E-state index in [1.807, 2.05) is 0 Å². The number of hydrogen-bond acceptors (Lipinski definition) is 0. The summed E-state index contributed by atoms with van der Waals surface area (Å²) in [6.07, 6.45) is 10.6. The van der Waals surface area contributed by atoms with E-state index in [9.17, 15) is 0 Å².